The Labute approximate surface area is 89.5 Å². The van der Waals surface area contributed by atoms with Crippen molar-refractivity contribution in [3.8, 4) is 0 Å². The van der Waals surface area contributed by atoms with Gasteiger partial charge in [0.15, 0.2) is 5.17 Å². The van der Waals surface area contributed by atoms with Crippen LogP contribution in [0.25, 0.3) is 0 Å². The summed E-state index contributed by atoms with van der Waals surface area (Å²) in [6.07, 6.45) is 5.56. The number of hydrogen-bond acceptors (Lipinski definition) is 3. The first-order chi connectivity index (χ1) is 6.74. The lowest BCUT2D eigenvalue weighted by atomic mass is 9.89. The van der Waals surface area contributed by atoms with Crippen molar-refractivity contribution in [2.45, 2.75) is 39.0 Å². The van der Waals surface area contributed by atoms with Crippen LogP contribution in [0, 0.1) is 11.3 Å². The Balaban J connectivity index is 2.29. The molecule has 0 radical (unpaired) electrons. The van der Waals surface area contributed by atoms with Crippen LogP contribution >= 0.6 is 11.8 Å². The van der Waals surface area contributed by atoms with Gasteiger partial charge in [-0.1, -0.05) is 37.9 Å². The van der Waals surface area contributed by atoms with Crippen molar-refractivity contribution < 1.29 is 4.79 Å². The van der Waals surface area contributed by atoms with Crippen molar-refractivity contribution in [1.29, 1.82) is 5.41 Å². The molecule has 2 N–H and O–H groups in total. The summed E-state index contributed by atoms with van der Waals surface area (Å²) in [7, 11) is 0. The second-order valence-corrected chi connectivity index (χ2v) is 4.86. The molecule has 1 saturated carbocycles. The van der Waals surface area contributed by atoms with Gasteiger partial charge in [0.1, 0.15) is 0 Å². The Morgan fingerprint density at radius 2 is 2.07 bits per heavy atom. The fraction of sp³-hybridized carbons (Fsp3) is 0.800. The lowest BCUT2D eigenvalue weighted by Gasteiger charge is -2.20. The van der Waals surface area contributed by atoms with E-state index >= 15 is 0 Å². The van der Waals surface area contributed by atoms with Crippen molar-refractivity contribution >= 4 is 22.8 Å². The van der Waals surface area contributed by atoms with Crippen LogP contribution in [-0.4, -0.2) is 16.8 Å². The summed E-state index contributed by atoms with van der Waals surface area (Å²) in [6.45, 7) is 1.98. The number of amidine groups is 1. The summed E-state index contributed by atoms with van der Waals surface area (Å²) < 4.78 is 0. The highest BCUT2D eigenvalue weighted by Crippen LogP contribution is 2.23. The Morgan fingerprint density at radius 1 is 1.43 bits per heavy atom. The summed E-state index contributed by atoms with van der Waals surface area (Å²) in [5.41, 5.74) is 0. The van der Waals surface area contributed by atoms with Gasteiger partial charge in [-0.3, -0.25) is 10.2 Å². The Kier molecular flexibility index (Phi) is 5.01. The summed E-state index contributed by atoms with van der Waals surface area (Å²) in [4.78, 5) is 11.6. The standard InChI is InChI=1S/C10H18N2OS/c1-2-14-10(11)12-9(13)8-6-4-3-5-7-8/h8H,2-7H2,1H3,(H2,11,12,13). The van der Waals surface area contributed by atoms with E-state index in [9.17, 15) is 4.79 Å². The van der Waals surface area contributed by atoms with Gasteiger partial charge < -0.3 is 5.32 Å². The number of carbonyl (C=O) groups is 1. The molecule has 3 nitrogen and oxygen atoms in total. The van der Waals surface area contributed by atoms with Gasteiger partial charge in [0.05, 0.1) is 0 Å². The molecular formula is C10H18N2OS. The van der Waals surface area contributed by atoms with Crippen LogP contribution in [0.15, 0.2) is 0 Å². The normalized spacial score (nSPS) is 17.8. The molecule has 0 aromatic rings. The first-order valence-electron chi connectivity index (χ1n) is 5.26. The van der Waals surface area contributed by atoms with Crippen LogP contribution in [-0.2, 0) is 4.79 Å². The van der Waals surface area contributed by atoms with Crippen molar-refractivity contribution in [2.24, 2.45) is 5.92 Å². The lowest BCUT2D eigenvalue weighted by molar-refractivity contribution is -0.124. The molecule has 0 unspecified atom stereocenters. The highest BCUT2D eigenvalue weighted by atomic mass is 32.2. The van der Waals surface area contributed by atoms with E-state index in [0.717, 1.165) is 31.4 Å². The number of amides is 1. The third-order valence-electron chi connectivity index (χ3n) is 2.50. The highest BCUT2D eigenvalue weighted by Gasteiger charge is 2.21. The SMILES string of the molecule is CCSC(=N)NC(=O)C1CCCCC1. The van der Waals surface area contributed by atoms with Gasteiger partial charge in [-0.25, -0.2) is 0 Å². The second kappa shape index (κ2) is 6.06. The Bertz CT molecular complexity index is 212. The molecule has 14 heavy (non-hydrogen) atoms. The fourth-order valence-electron chi connectivity index (χ4n) is 1.76. The van der Waals surface area contributed by atoms with Crippen LogP contribution in [0.1, 0.15) is 39.0 Å². The summed E-state index contributed by atoms with van der Waals surface area (Å²) >= 11 is 1.37. The maximum Gasteiger partial charge on any atom is 0.229 e. The van der Waals surface area contributed by atoms with Gasteiger partial charge >= 0.3 is 0 Å². The van der Waals surface area contributed by atoms with E-state index in [1.54, 1.807) is 0 Å². The predicted octanol–water partition coefficient (Wildman–Crippen LogP) is 2.37. The van der Waals surface area contributed by atoms with Crippen molar-refractivity contribution in [1.82, 2.24) is 5.32 Å². The van der Waals surface area contributed by atoms with E-state index in [1.165, 1.54) is 18.2 Å². The molecule has 80 valence electrons. The Morgan fingerprint density at radius 3 is 2.64 bits per heavy atom. The zero-order valence-corrected chi connectivity index (χ0v) is 9.45. The number of carbonyl (C=O) groups excluding carboxylic acids is 1. The van der Waals surface area contributed by atoms with Crippen LogP contribution < -0.4 is 5.32 Å². The van der Waals surface area contributed by atoms with Gasteiger partial charge in [0.25, 0.3) is 0 Å². The monoisotopic (exact) mass is 214 g/mol. The molecule has 1 fully saturated rings. The molecule has 0 aromatic heterocycles. The Hall–Kier alpha value is -0.510. The average molecular weight is 214 g/mol. The van der Waals surface area contributed by atoms with Gasteiger partial charge in [0.2, 0.25) is 5.91 Å². The van der Waals surface area contributed by atoms with Crippen LogP contribution in [0.3, 0.4) is 0 Å². The summed E-state index contributed by atoms with van der Waals surface area (Å²) in [5, 5.41) is 10.4. The fourth-order valence-corrected chi connectivity index (χ4v) is 2.22. The minimum Gasteiger partial charge on any atom is -0.305 e. The molecule has 0 saturated heterocycles. The summed E-state index contributed by atoms with van der Waals surface area (Å²) in [6, 6.07) is 0. The first kappa shape index (κ1) is 11.6. The number of hydrogen-bond donors (Lipinski definition) is 2. The van der Waals surface area contributed by atoms with Gasteiger partial charge in [-0.2, -0.15) is 0 Å². The molecule has 1 amide bonds. The van der Waals surface area contributed by atoms with Crippen molar-refractivity contribution in [3.05, 3.63) is 0 Å². The van der Waals surface area contributed by atoms with Crippen LogP contribution in [0.2, 0.25) is 0 Å². The van der Waals surface area contributed by atoms with Gasteiger partial charge in [-0.15, -0.1) is 0 Å². The summed E-state index contributed by atoms with van der Waals surface area (Å²) in [5.74, 6) is 1.04. The first-order valence-corrected chi connectivity index (χ1v) is 6.24. The van der Waals surface area contributed by atoms with Crippen molar-refractivity contribution in [2.75, 3.05) is 5.75 Å². The minimum absolute atomic E-state index is 0.0515. The topological polar surface area (TPSA) is 53.0 Å². The molecule has 1 rings (SSSR count). The number of nitrogens with one attached hydrogen (secondary N) is 2. The molecule has 0 spiro atoms. The largest absolute Gasteiger partial charge is 0.305 e. The maximum absolute atomic E-state index is 11.6. The second-order valence-electron chi connectivity index (χ2n) is 3.59. The highest BCUT2D eigenvalue weighted by molar-refractivity contribution is 8.13. The van der Waals surface area contributed by atoms with Gasteiger partial charge in [-0.05, 0) is 18.6 Å². The van der Waals surface area contributed by atoms with E-state index in [1.807, 2.05) is 6.92 Å². The third-order valence-corrected chi connectivity index (χ3v) is 3.18. The molecule has 0 aliphatic heterocycles. The van der Waals surface area contributed by atoms with E-state index in [4.69, 9.17) is 5.41 Å². The molecule has 1 aliphatic carbocycles. The molecule has 4 heteroatoms. The maximum atomic E-state index is 11.6. The molecule has 0 atom stereocenters. The van der Waals surface area contributed by atoms with E-state index < -0.39 is 0 Å². The lowest BCUT2D eigenvalue weighted by Crippen LogP contribution is -2.34. The predicted molar refractivity (Wildman–Crippen MR) is 60.6 cm³/mol. The molecule has 0 aromatic carbocycles. The molecular weight excluding hydrogens is 196 g/mol. The number of thioether (sulfide) groups is 1. The molecule has 1 aliphatic rings. The molecule has 0 bridgehead atoms. The zero-order valence-electron chi connectivity index (χ0n) is 8.64. The third kappa shape index (κ3) is 3.70. The number of rotatable bonds is 2. The van der Waals surface area contributed by atoms with Crippen molar-refractivity contribution in [3.63, 3.8) is 0 Å². The smallest absolute Gasteiger partial charge is 0.229 e. The average Bonchev–Trinajstić information content (AvgIpc) is 2.19. The van der Waals surface area contributed by atoms with E-state index in [-0.39, 0.29) is 11.8 Å². The van der Waals surface area contributed by atoms with E-state index in [0.29, 0.717) is 5.17 Å². The molecule has 0 heterocycles. The van der Waals surface area contributed by atoms with Crippen LogP contribution in [0.4, 0.5) is 0 Å². The quantitative estimate of drug-likeness (QED) is 0.547. The minimum atomic E-state index is 0.0515. The van der Waals surface area contributed by atoms with E-state index in [2.05, 4.69) is 5.32 Å². The zero-order chi connectivity index (χ0) is 10.4. The van der Waals surface area contributed by atoms with Gasteiger partial charge in [0, 0.05) is 5.92 Å². The van der Waals surface area contributed by atoms with Crippen LogP contribution in [0.5, 0.6) is 0 Å².